The molecule has 0 bridgehead atoms. The summed E-state index contributed by atoms with van der Waals surface area (Å²) in [5.74, 6) is -1.16. The van der Waals surface area contributed by atoms with Crippen molar-refractivity contribution in [3.63, 3.8) is 0 Å². The van der Waals surface area contributed by atoms with Crippen LogP contribution in [0.15, 0.2) is 0 Å². The van der Waals surface area contributed by atoms with Gasteiger partial charge in [0.25, 0.3) is 0 Å². The highest BCUT2D eigenvalue weighted by Crippen LogP contribution is 2.15. The third-order valence-electron chi connectivity index (χ3n) is 2.14. The molecule has 110 valence electrons. The molecule has 1 aromatic rings. The number of halogens is 1. The van der Waals surface area contributed by atoms with Gasteiger partial charge >= 0.3 is 17.9 Å². The third-order valence-corrected chi connectivity index (χ3v) is 2.31. The van der Waals surface area contributed by atoms with Crippen LogP contribution in [0.25, 0.3) is 0 Å². The minimum Gasteiger partial charge on any atom is -0.468 e. The first-order chi connectivity index (χ1) is 9.49. The van der Waals surface area contributed by atoms with E-state index < -0.39 is 11.9 Å². The van der Waals surface area contributed by atoms with Crippen LogP contribution < -0.4 is 9.64 Å². The van der Waals surface area contributed by atoms with E-state index in [4.69, 9.17) is 16.3 Å². The zero-order valence-corrected chi connectivity index (χ0v) is 11.9. The second-order valence-electron chi connectivity index (χ2n) is 3.40. The van der Waals surface area contributed by atoms with Crippen LogP contribution in [0.3, 0.4) is 0 Å². The largest absolute Gasteiger partial charge is 0.468 e. The van der Waals surface area contributed by atoms with E-state index in [1.54, 1.807) is 0 Å². The molecule has 0 aliphatic rings. The molecule has 0 amide bonds. The summed E-state index contributed by atoms with van der Waals surface area (Å²) in [5.41, 5.74) is 0. The van der Waals surface area contributed by atoms with Crippen molar-refractivity contribution in [3.8, 4) is 6.01 Å². The van der Waals surface area contributed by atoms with Crippen molar-refractivity contribution in [2.75, 3.05) is 39.3 Å². The summed E-state index contributed by atoms with van der Waals surface area (Å²) in [6.45, 7) is -0.510. The van der Waals surface area contributed by atoms with Crippen molar-refractivity contribution in [3.05, 3.63) is 5.28 Å². The highest BCUT2D eigenvalue weighted by Gasteiger charge is 2.20. The zero-order valence-electron chi connectivity index (χ0n) is 11.1. The number of anilines is 1. The lowest BCUT2D eigenvalue weighted by Crippen LogP contribution is -2.37. The number of methoxy groups -OCH3 is 3. The van der Waals surface area contributed by atoms with E-state index in [0.717, 1.165) is 0 Å². The molecular weight excluding hydrogens is 292 g/mol. The van der Waals surface area contributed by atoms with E-state index in [1.807, 2.05) is 0 Å². The molecule has 0 aliphatic carbocycles. The number of ether oxygens (including phenoxy) is 3. The molecule has 0 atom stereocenters. The van der Waals surface area contributed by atoms with E-state index in [1.165, 1.54) is 26.2 Å². The second kappa shape index (κ2) is 7.43. The van der Waals surface area contributed by atoms with Gasteiger partial charge in [-0.1, -0.05) is 0 Å². The van der Waals surface area contributed by atoms with E-state index >= 15 is 0 Å². The Morgan fingerprint density at radius 3 is 2.05 bits per heavy atom. The predicted molar refractivity (Wildman–Crippen MR) is 67.6 cm³/mol. The van der Waals surface area contributed by atoms with Gasteiger partial charge in [0.2, 0.25) is 11.2 Å². The van der Waals surface area contributed by atoms with Gasteiger partial charge in [-0.3, -0.25) is 9.59 Å². The maximum atomic E-state index is 11.4. The van der Waals surface area contributed by atoms with Crippen LogP contribution in [-0.4, -0.2) is 61.3 Å². The van der Waals surface area contributed by atoms with Gasteiger partial charge in [0.15, 0.2) is 0 Å². The van der Waals surface area contributed by atoms with Gasteiger partial charge < -0.3 is 19.1 Å². The molecule has 1 rings (SSSR count). The van der Waals surface area contributed by atoms with Crippen LogP contribution in [0.5, 0.6) is 6.01 Å². The number of nitrogens with zero attached hydrogens (tertiary/aromatic N) is 4. The molecule has 10 heteroatoms. The standard InChI is InChI=1S/C10H13ClN4O5/c1-18-6(16)4-15(5-7(17)19-2)9-12-8(11)13-10(14-9)20-3/h4-5H2,1-3H3. The SMILES string of the molecule is COC(=O)CN(CC(=O)OC)c1nc(Cl)nc(OC)n1. The number of rotatable bonds is 6. The van der Waals surface area contributed by atoms with Crippen molar-refractivity contribution in [1.29, 1.82) is 0 Å². The Hall–Kier alpha value is -2.16. The minimum absolute atomic E-state index is 0.00218. The Morgan fingerprint density at radius 1 is 1.05 bits per heavy atom. The Morgan fingerprint density at radius 2 is 1.60 bits per heavy atom. The molecule has 20 heavy (non-hydrogen) atoms. The summed E-state index contributed by atoms with van der Waals surface area (Å²) >= 11 is 5.71. The quantitative estimate of drug-likeness (QED) is 0.654. The molecule has 0 fully saturated rings. The van der Waals surface area contributed by atoms with Gasteiger partial charge in [0, 0.05) is 0 Å². The Balaban J connectivity index is 3.04. The van der Waals surface area contributed by atoms with Crippen molar-refractivity contribution in [2.24, 2.45) is 0 Å². The molecular formula is C10H13ClN4O5. The number of hydrogen-bond acceptors (Lipinski definition) is 9. The average molecular weight is 305 g/mol. The van der Waals surface area contributed by atoms with Gasteiger partial charge in [0.1, 0.15) is 13.1 Å². The lowest BCUT2D eigenvalue weighted by Gasteiger charge is -2.19. The van der Waals surface area contributed by atoms with Gasteiger partial charge in [-0.2, -0.15) is 15.0 Å². The molecule has 0 saturated heterocycles. The molecule has 1 heterocycles. The fraction of sp³-hybridized carbons (Fsp3) is 0.500. The maximum absolute atomic E-state index is 11.4. The second-order valence-corrected chi connectivity index (χ2v) is 3.74. The summed E-state index contributed by atoms with van der Waals surface area (Å²) in [7, 11) is 3.79. The molecule has 9 nitrogen and oxygen atoms in total. The average Bonchev–Trinajstić information content (AvgIpc) is 2.45. The molecule has 0 N–H and O–H groups in total. The van der Waals surface area contributed by atoms with Gasteiger partial charge in [-0.05, 0) is 11.6 Å². The molecule has 0 radical (unpaired) electrons. The smallest absolute Gasteiger partial charge is 0.325 e. The van der Waals surface area contributed by atoms with Crippen molar-refractivity contribution < 1.29 is 23.8 Å². The Kier molecular flexibility index (Phi) is 5.91. The Bertz CT molecular complexity index is 481. The molecule has 0 aliphatic heterocycles. The van der Waals surface area contributed by atoms with Gasteiger partial charge in [0.05, 0.1) is 21.3 Å². The fourth-order valence-electron chi connectivity index (χ4n) is 1.19. The van der Waals surface area contributed by atoms with Crippen LogP contribution in [0, 0.1) is 0 Å². The highest BCUT2D eigenvalue weighted by atomic mass is 35.5. The van der Waals surface area contributed by atoms with E-state index in [0.29, 0.717) is 0 Å². The van der Waals surface area contributed by atoms with Crippen molar-refractivity contribution in [2.45, 2.75) is 0 Å². The molecule has 0 saturated carbocycles. The van der Waals surface area contributed by atoms with E-state index in [-0.39, 0.29) is 30.3 Å². The minimum atomic E-state index is -0.579. The first-order valence-corrected chi connectivity index (χ1v) is 5.72. The molecule has 0 aromatic carbocycles. The fourth-order valence-corrected chi connectivity index (χ4v) is 1.34. The highest BCUT2D eigenvalue weighted by molar-refractivity contribution is 6.28. The molecule has 0 spiro atoms. The molecule has 1 aromatic heterocycles. The number of hydrogen-bond donors (Lipinski definition) is 0. The first-order valence-electron chi connectivity index (χ1n) is 5.34. The monoisotopic (exact) mass is 304 g/mol. The predicted octanol–water partition coefficient (Wildman–Crippen LogP) is -0.314. The molecule has 0 unspecified atom stereocenters. The van der Waals surface area contributed by atoms with Gasteiger partial charge in [-0.25, -0.2) is 0 Å². The topological polar surface area (TPSA) is 104 Å². The van der Waals surface area contributed by atoms with Crippen LogP contribution in [0.1, 0.15) is 0 Å². The summed E-state index contributed by atoms with van der Waals surface area (Å²) in [5, 5.41) is -0.133. The number of carbonyl (C=O) groups excluding carboxylic acids is 2. The summed E-state index contributed by atoms with van der Waals surface area (Å²) in [6, 6.07) is -0.0419. The van der Waals surface area contributed by atoms with Gasteiger partial charge in [-0.15, -0.1) is 0 Å². The lowest BCUT2D eigenvalue weighted by atomic mass is 10.5. The van der Waals surface area contributed by atoms with Crippen LogP contribution in [0.4, 0.5) is 5.95 Å². The summed E-state index contributed by atoms with van der Waals surface area (Å²) in [6.07, 6.45) is 0. The van der Waals surface area contributed by atoms with Crippen LogP contribution in [-0.2, 0) is 19.1 Å². The van der Waals surface area contributed by atoms with Crippen molar-refractivity contribution >= 4 is 29.5 Å². The van der Waals surface area contributed by atoms with Crippen LogP contribution in [0.2, 0.25) is 5.28 Å². The van der Waals surface area contributed by atoms with E-state index in [9.17, 15) is 9.59 Å². The Labute approximate surface area is 119 Å². The third kappa shape index (κ3) is 4.50. The maximum Gasteiger partial charge on any atom is 0.325 e. The normalized spacial score (nSPS) is 9.80. The lowest BCUT2D eigenvalue weighted by molar-refractivity contribution is -0.140. The number of carbonyl (C=O) groups is 2. The summed E-state index contributed by atoms with van der Waals surface area (Å²) in [4.78, 5) is 35.4. The summed E-state index contributed by atoms with van der Waals surface area (Å²) < 4.78 is 13.9. The zero-order chi connectivity index (χ0) is 15.1. The van der Waals surface area contributed by atoms with E-state index in [2.05, 4.69) is 24.4 Å². The van der Waals surface area contributed by atoms with Crippen LogP contribution >= 0.6 is 11.6 Å². The number of esters is 2. The van der Waals surface area contributed by atoms with Crippen molar-refractivity contribution in [1.82, 2.24) is 15.0 Å². The number of aromatic nitrogens is 3. The first kappa shape index (κ1) is 15.9.